The fourth-order valence-corrected chi connectivity index (χ4v) is 4.48. The Morgan fingerprint density at radius 2 is 1.95 bits per heavy atom. The first kappa shape index (κ1) is 13.3. The molecular formula is C14H24N4S. The lowest BCUT2D eigenvalue weighted by atomic mass is 9.98. The highest BCUT2D eigenvalue weighted by Gasteiger charge is 2.38. The van der Waals surface area contributed by atoms with Gasteiger partial charge in [-0.25, -0.2) is 0 Å². The SMILES string of the molecule is CC(C)Cc1nnc(NC2CC3CCC(C2)N3C)s1. The van der Waals surface area contributed by atoms with E-state index >= 15 is 0 Å². The van der Waals surface area contributed by atoms with Crippen LogP contribution in [-0.4, -0.2) is 40.3 Å². The number of piperidine rings is 1. The van der Waals surface area contributed by atoms with Crippen LogP contribution < -0.4 is 5.32 Å². The molecule has 0 aromatic carbocycles. The zero-order valence-corrected chi connectivity index (χ0v) is 12.9. The van der Waals surface area contributed by atoms with Gasteiger partial charge in [0, 0.05) is 24.5 Å². The van der Waals surface area contributed by atoms with E-state index in [1.165, 1.54) is 25.7 Å². The van der Waals surface area contributed by atoms with Gasteiger partial charge in [0.2, 0.25) is 5.13 Å². The van der Waals surface area contributed by atoms with Crippen molar-refractivity contribution in [2.24, 2.45) is 5.92 Å². The Morgan fingerprint density at radius 3 is 2.58 bits per heavy atom. The molecule has 0 radical (unpaired) electrons. The van der Waals surface area contributed by atoms with Gasteiger partial charge < -0.3 is 10.2 Å². The normalized spacial score (nSPS) is 31.1. The van der Waals surface area contributed by atoms with Crippen LogP contribution in [-0.2, 0) is 6.42 Å². The van der Waals surface area contributed by atoms with E-state index in [-0.39, 0.29) is 0 Å². The zero-order chi connectivity index (χ0) is 13.4. The van der Waals surface area contributed by atoms with Gasteiger partial charge in [-0.2, -0.15) is 0 Å². The van der Waals surface area contributed by atoms with Crippen LogP contribution in [0.2, 0.25) is 0 Å². The molecule has 2 unspecified atom stereocenters. The van der Waals surface area contributed by atoms with Gasteiger partial charge in [-0.1, -0.05) is 25.2 Å². The first-order chi connectivity index (χ1) is 9.11. The van der Waals surface area contributed by atoms with Gasteiger partial charge in [-0.05, 0) is 38.6 Å². The zero-order valence-electron chi connectivity index (χ0n) is 12.1. The molecule has 3 heterocycles. The molecule has 1 aromatic rings. The minimum atomic E-state index is 0.591. The third kappa shape index (κ3) is 2.92. The van der Waals surface area contributed by atoms with Crippen molar-refractivity contribution in [3.05, 3.63) is 5.01 Å². The first-order valence-electron chi connectivity index (χ1n) is 7.42. The predicted octanol–water partition coefficient (Wildman–Crippen LogP) is 2.77. The molecule has 19 heavy (non-hydrogen) atoms. The van der Waals surface area contributed by atoms with Crippen LogP contribution in [0.4, 0.5) is 5.13 Å². The highest BCUT2D eigenvalue weighted by molar-refractivity contribution is 7.15. The van der Waals surface area contributed by atoms with Crippen molar-refractivity contribution in [2.45, 2.75) is 64.1 Å². The Morgan fingerprint density at radius 1 is 1.26 bits per heavy atom. The summed E-state index contributed by atoms with van der Waals surface area (Å²) in [4.78, 5) is 2.57. The van der Waals surface area contributed by atoms with Crippen molar-refractivity contribution in [3.8, 4) is 0 Å². The average molecular weight is 280 g/mol. The maximum atomic E-state index is 4.30. The Balaban J connectivity index is 1.58. The number of nitrogens with zero attached hydrogens (tertiary/aromatic N) is 3. The average Bonchev–Trinajstić information content (AvgIpc) is 2.82. The molecule has 2 fully saturated rings. The monoisotopic (exact) mass is 280 g/mol. The highest BCUT2D eigenvalue weighted by Crippen LogP contribution is 2.35. The fourth-order valence-electron chi connectivity index (χ4n) is 3.45. The van der Waals surface area contributed by atoms with E-state index in [2.05, 4.69) is 41.3 Å². The third-order valence-corrected chi connectivity index (χ3v) is 5.35. The van der Waals surface area contributed by atoms with Gasteiger partial charge in [0.25, 0.3) is 0 Å². The van der Waals surface area contributed by atoms with Gasteiger partial charge in [0.05, 0.1) is 0 Å². The van der Waals surface area contributed by atoms with E-state index in [0.29, 0.717) is 12.0 Å². The van der Waals surface area contributed by atoms with E-state index in [1.54, 1.807) is 11.3 Å². The molecule has 2 bridgehead atoms. The summed E-state index contributed by atoms with van der Waals surface area (Å²) >= 11 is 1.73. The largest absolute Gasteiger partial charge is 0.357 e. The van der Waals surface area contributed by atoms with Crippen molar-refractivity contribution < 1.29 is 0 Å². The minimum absolute atomic E-state index is 0.591. The van der Waals surface area contributed by atoms with E-state index in [1.807, 2.05) is 0 Å². The van der Waals surface area contributed by atoms with Crippen LogP contribution in [0, 0.1) is 5.92 Å². The van der Waals surface area contributed by atoms with Crippen LogP contribution in [0.25, 0.3) is 0 Å². The summed E-state index contributed by atoms with van der Waals surface area (Å²) < 4.78 is 0. The van der Waals surface area contributed by atoms with Crippen LogP contribution in [0.5, 0.6) is 0 Å². The van der Waals surface area contributed by atoms with Crippen LogP contribution >= 0.6 is 11.3 Å². The molecular weight excluding hydrogens is 256 g/mol. The second kappa shape index (κ2) is 5.37. The molecule has 106 valence electrons. The third-order valence-electron chi connectivity index (χ3n) is 4.48. The molecule has 4 nitrogen and oxygen atoms in total. The van der Waals surface area contributed by atoms with Crippen molar-refractivity contribution in [2.75, 3.05) is 12.4 Å². The lowest BCUT2D eigenvalue weighted by Crippen LogP contribution is -2.44. The van der Waals surface area contributed by atoms with E-state index in [9.17, 15) is 0 Å². The van der Waals surface area contributed by atoms with E-state index < -0.39 is 0 Å². The molecule has 2 aliphatic heterocycles. The Hall–Kier alpha value is -0.680. The molecule has 5 heteroatoms. The lowest BCUT2D eigenvalue weighted by molar-refractivity contribution is 0.169. The quantitative estimate of drug-likeness (QED) is 0.921. The Kier molecular flexibility index (Phi) is 3.76. The van der Waals surface area contributed by atoms with E-state index in [0.717, 1.165) is 28.6 Å². The van der Waals surface area contributed by atoms with Crippen molar-refractivity contribution >= 4 is 16.5 Å². The number of aromatic nitrogens is 2. The number of anilines is 1. The standard InChI is InChI=1S/C14H24N4S/c1-9(2)6-13-16-17-14(19-13)15-10-7-11-4-5-12(8-10)18(11)3/h9-12H,4-8H2,1-3H3,(H,15,17). The number of hydrogen-bond acceptors (Lipinski definition) is 5. The highest BCUT2D eigenvalue weighted by atomic mass is 32.1. The van der Waals surface area contributed by atoms with E-state index in [4.69, 9.17) is 0 Å². The van der Waals surface area contributed by atoms with Gasteiger partial charge in [0.1, 0.15) is 5.01 Å². The summed E-state index contributed by atoms with van der Waals surface area (Å²) in [5.41, 5.74) is 0. The number of hydrogen-bond donors (Lipinski definition) is 1. The second-order valence-corrected chi connectivity index (χ2v) is 7.52. The topological polar surface area (TPSA) is 41.1 Å². The van der Waals surface area contributed by atoms with Gasteiger partial charge in [-0.3, -0.25) is 0 Å². The van der Waals surface area contributed by atoms with Crippen molar-refractivity contribution in [1.82, 2.24) is 15.1 Å². The summed E-state index contributed by atoms with van der Waals surface area (Å²) in [6.45, 7) is 4.45. The summed E-state index contributed by atoms with van der Waals surface area (Å²) in [5, 5.41) is 14.4. The summed E-state index contributed by atoms with van der Waals surface area (Å²) in [7, 11) is 2.28. The molecule has 2 atom stereocenters. The lowest BCUT2D eigenvalue weighted by Gasteiger charge is -2.36. The predicted molar refractivity (Wildman–Crippen MR) is 79.7 cm³/mol. The molecule has 3 rings (SSSR count). The van der Waals surface area contributed by atoms with Crippen LogP contribution in [0.1, 0.15) is 44.5 Å². The summed E-state index contributed by atoms with van der Waals surface area (Å²) in [6.07, 6.45) is 6.29. The van der Waals surface area contributed by atoms with Crippen LogP contribution in [0.15, 0.2) is 0 Å². The number of nitrogens with one attached hydrogen (secondary N) is 1. The Labute approximate surface area is 119 Å². The Bertz CT molecular complexity index is 417. The molecule has 2 saturated heterocycles. The van der Waals surface area contributed by atoms with Gasteiger partial charge >= 0.3 is 0 Å². The fraction of sp³-hybridized carbons (Fsp3) is 0.857. The van der Waals surface area contributed by atoms with Crippen molar-refractivity contribution in [3.63, 3.8) is 0 Å². The smallest absolute Gasteiger partial charge is 0.205 e. The first-order valence-corrected chi connectivity index (χ1v) is 8.24. The second-order valence-electron chi connectivity index (χ2n) is 6.46. The molecule has 0 saturated carbocycles. The molecule has 1 N–H and O–H groups in total. The number of fused-ring (bicyclic) bond motifs is 2. The maximum Gasteiger partial charge on any atom is 0.205 e. The molecule has 2 aliphatic rings. The minimum Gasteiger partial charge on any atom is -0.357 e. The van der Waals surface area contributed by atoms with Gasteiger partial charge in [0.15, 0.2) is 0 Å². The van der Waals surface area contributed by atoms with Crippen LogP contribution in [0.3, 0.4) is 0 Å². The molecule has 0 amide bonds. The molecule has 1 aromatic heterocycles. The van der Waals surface area contributed by atoms with Crippen molar-refractivity contribution in [1.29, 1.82) is 0 Å². The maximum absolute atomic E-state index is 4.30. The molecule has 0 aliphatic carbocycles. The summed E-state index contributed by atoms with van der Waals surface area (Å²) in [5.74, 6) is 0.653. The summed E-state index contributed by atoms with van der Waals surface area (Å²) in [6, 6.07) is 2.15. The molecule has 0 spiro atoms. The number of rotatable bonds is 4. The van der Waals surface area contributed by atoms with Gasteiger partial charge in [-0.15, -0.1) is 10.2 Å².